The number of pyridine rings is 1. The SMILES string of the molecule is CC(C)(C)OC(=O)[C@@H](COc1ccc2nc(Cl)cc(N(C(=O)OC(C)(C)C)C(=O)OC(C)(C)C)c2c1)O[Si](C)(C)C(C)(C)C. The van der Waals surface area contributed by atoms with Gasteiger partial charge in [0.25, 0.3) is 0 Å². The Balaban J connectivity index is 2.58. The number of carbonyl (C=O) groups is 3. The molecule has 1 aromatic heterocycles. The van der Waals surface area contributed by atoms with Gasteiger partial charge in [0.05, 0.1) is 11.2 Å². The summed E-state index contributed by atoms with van der Waals surface area (Å²) in [5.41, 5.74) is -2.05. The normalized spacial score (nSPS) is 13.7. The molecule has 0 radical (unpaired) electrons. The van der Waals surface area contributed by atoms with Crippen LogP contribution in [0.1, 0.15) is 83.1 Å². The van der Waals surface area contributed by atoms with Crippen LogP contribution in [-0.2, 0) is 23.4 Å². The molecular formula is C32H49ClN2O8Si. The molecule has 44 heavy (non-hydrogen) atoms. The van der Waals surface area contributed by atoms with Gasteiger partial charge in [-0.05, 0) is 98.6 Å². The predicted molar refractivity (Wildman–Crippen MR) is 175 cm³/mol. The van der Waals surface area contributed by atoms with E-state index in [4.69, 9.17) is 35.0 Å². The summed E-state index contributed by atoms with van der Waals surface area (Å²) in [5.74, 6) is -0.193. The molecule has 0 saturated heterocycles. The van der Waals surface area contributed by atoms with Crippen LogP contribution in [-0.4, -0.2) is 61.0 Å². The predicted octanol–water partition coefficient (Wildman–Crippen LogP) is 8.68. The average Bonchev–Trinajstić information content (AvgIpc) is 2.77. The molecule has 0 aliphatic carbocycles. The minimum atomic E-state index is -2.40. The van der Waals surface area contributed by atoms with Crippen molar-refractivity contribution in [3.8, 4) is 5.75 Å². The number of nitrogens with zero attached hydrogens (tertiary/aromatic N) is 2. The van der Waals surface area contributed by atoms with Gasteiger partial charge in [0.1, 0.15) is 34.3 Å². The van der Waals surface area contributed by atoms with Crippen molar-refractivity contribution in [2.45, 2.75) is 124 Å². The number of aromatic nitrogens is 1. The number of fused-ring (bicyclic) bond motifs is 1. The second-order valence-corrected chi connectivity index (χ2v) is 20.3. The lowest BCUT2D eigenvalue weighted by Crippen LogP contribution is -2.49. The number of halogens is 1. The lowest BCUT2D eigenvalue weighted by atomic mass is 10.1. The first kappa shape index (κ1) is 37.3. The van der Waals surface area contributed by atoms with E-state index in [0.29, 0.717) is 16.7 Å². The van der Waals surface area contributed by atoms with Crippen LogP contribution < -0.4 is 9.64 Å². The summed E-state index contributed by atoms with van der Waals surface area (Å²) in [7, 11) is -2.40. The molecular weight excluding hydrogens is 604 g/mol. The fraction of sp³-hybridized carbons (Fsp3) is 0.625. The molecule has 2 rings (SSSR count). The zero-order chi connectivity index (χ0) is 34.1. The molecule has 0 aliphatic heterocycles. The number of hydrogen-bond donors (Lipinski definition) is 0. The number of imide groups is 1. The standard InChI is InChI=1S/C32H49ClN2O8Si/c1-29(2,3)40-26(36)24(43-44(13,14)32(10,11)12)19-39-20-15-16-22-21(17-20)23(18-25(33)34-22)35(27(37)41-30(4,5)6)28(38)42-31(7,8)9/h15-18,24H,19H2,1-14H3/t24-/m1/s1. The zero-order valence-electron chi connectivity index (χ0n) is 28.6. The van der Waals surface area contributed by atoms with Crippen molar-refractivity contribution in [2.75, 3.05) is 11.5 Å². The molecule has 2 aromatic rings. The van der Waals surface area contributed by atoms with Gasteiger partial charge in [-0.15, -0.1) is 0 Å². The Morgan fingerprint density at radius 2 is 1.32 bits per heavy atom. The van der Waals surface area contributed by atoms with Crippen LogP contribution in [0, 0.1) is 0 Å². The fourth-order valence-corrected chi connectivity index (χ4v) is 4.96. The van der Waals surface area contributed by atoms with E-state index >= 15 is 0 Å². The second-order valence-electron chi connectivity index (χ2n) is 15.2. The Hall–Kier alpha value is -2.89. The van der Waals surface area contributed by atoms with Gasteiger partial charge in [0.2, 0.25) is 0 Å². The summed E-state index contributed by atoms with van der Waals surface area (Å²) in [6.45, 7) is 25.7. The van der Waals surface area contributed by atoms with Crippen molar-refractivity contribution in [1.82, 2.24) is 4.98 Å². The highest BCUT2D eigenvalue weighted by Crippen LogP contribution is 2.38. The van der Waals surface area contributed by atoms with Crippen LogP contribution in [0.5, 0.6) is 5.75 Å². The molecule has 0 saturated carbocycles. The van der Waals surface area contributed by atoms with Crippen molar-refractivity contribution in [3.63, 3.8) is 0 Å². The van der Waals surface area contributed by atoms with Crippen LogP contribution >= 0.6 is 11.6 Å². The van der Waals surface area contributed by atoms with E-state index in [9.17, 15) is 14.4 Å². The third-order valence-corrected chi connectivity index (χ3v) is 11.1. The van der Waals surface area contributed by atoms with Crippen LogP contribution in [0.15, 0.2) is 24.3 Å². The molecule has 0 fully saturated rings. The molecule has 1 heterocycles. The van der Waals surface area contributed by atoms with Crippen molar-refractivity contribution in [2.24, 2.45) is 0 Å². The first-order valence-electron chi connectivity index (χ1n) is 14.6. The largest absolute Gasteiger partial charge is 0.490 e. The maximum Gasteiger partial charge on any atom is 0.424 e. The molecule has 1 aromatic carbocycles. The number of anilines is 1. The third-order valence-electron chi connectivity index (χ3n) is 6.43. The van der Waals surface area contributed by atoms with Crippen LogP contribution in [0.2, 0.25) is 23.3 Å². The highest BCUT2D eigenvalue weighted by molar-refractivity contribution is 6.74. The van der Waals surface area contributed by atoms with Gasteiger partial charge in [-0.3, -0.25) is 0 Å². The van der Waals surface area contributed by atoms with Crippen molar-refractivity contribution < 1.29 is 37.8 Å². The summed E-state index contributed by atoms with van der Waals surface area (Å²) in [5, 5.41) is 0.247. The molecule has 10 nitrogen and oxygen atoms in total. The van der Waals surface area contributed by atoms with Crippen LogP contribution in [0.4, 0.5) is 15.3 Å². The zero-order valence-corrected chi connectivity index (χ0v) is 30.4. The Labute approximate surface area is 267 Å². The minimum Gasteiger partial charge on any atom is -0.490 e. The van der Waals surface area contributed by atoms with E-state index in [-0.39, 0.29) is 22.5 Å². The van der Waals surface area contributed by atoms with Gasteiger partial charge in [-0.25, -0.2) is 19.4 Å². The number of ether oxygens (including phenoxy) is 4. The Kier molecular flexibility index (Phi) is 11.2. The Morgan fingerprint density at radius 1 is 0.818 bits per heavy atom. The molecule has 0 aliphatic rings. The highest BCUT2D eigenvalue weighted by atomic mass is 35.5. The van der Waals surface area contributed by atoms with Crippen molar-refractivity contribution in [3.05, 3.63) is 29.4 Å². The average molecular weight is 653 g/mol. The summed E-state index contributed by atoms with van der Waals surface area (Å²) in [6, 6.07) is 6.28. The van der Waals surface area contributed by atoms with Gasteiger partial charge in [0, 0.05) is 11.5 Å². The van der Waals surface area contributed by atoms with E-state index in [1.165, 1.54) is 6.07 Å². The van der Waals surface area contributed by atoms with Gasteiger partial charge < -0.3 is 23.4 Å². The van der Waals surface area contributed by atoms with Gasteiger partial charge in [0.15, 0.2) is 14.4 Å². The third kappa shape index (κ3) is 10.9. The van der Waals surface area contributed by atoms with E-state index in [1.807, 2.05) is 13.1 Å². The molecule has 0 bridgehead atoms. The van der Waals surface area contributed by atoms with Crippen molar-refractivity contribution in [1.29, 1.82) is 0 Å². The number of rotatable bonds is 7. The second kappa shape index (κ2) is 13.2. The molecule has 12 heteroatoms. The Morgan fingerprint density at radius 3 is 1.77 bits per heavy atom. The quantitative estimate of drug-likeness (QED) is 0.125. The summed E-state index contributed by atoms with van der Waals surface area (Å²) in [4.78, 5) is 45.1. The number of benzene rings is 1. The monoisotopic (exact) mass is 652 g/mol. The summed E-state index contributed by atoms with van der Waals surface area (Å²) >= 11 is 6.33. The first-order chi connectivity index (χ1) is 19.7. The number of esters is 1. The van der Waals surface area contributed by atoms with Gasteiger partial charge in [-0.2, -0.15) is 4.90 Å². The van der Waals surface area contributed by atoms with E-state index in [2.05, 4.69) is 25.8 Å². The molecule has 2 amide bonds. The van der Waals surface area contributed by atoms with E-state index < -0.39 is 49.4 Å². The smallest absolute Gasteiger partial charge is 0.424 e. The van der Waals surface area contributed by atoms with Crippen molar-refractivity contribution >= 4 is 54.7 Å². The molecule has 0 unspecified atom stereocenters. The maximum absolute atomic E-state index is 13.4. The Bertz CT molecular complexity index is 1340. The highest BCUT2D eigenvalue weighted by Gasteiger charge is 2.42. The molecule has 0 N–H and O–H groups in total. The summed E-state index contributed by atoms with van der Waals surface area (Å²) < 4.78 is 29.3. The number of carbonyl (C=O) groups excluding carboxylic acids is 3. The number of hydrogen-bond acceptors (Lipinski definition) is 9. The lowest BCUT2D eigenvalue weighted by Gasteiger charge is -2.39. The molecule has 0 spiro atoms. The topological polar surface area (TPSA) is 113 Å². The van der Waals surface area contributed by atoms with E-state index in [0.717, 1.165) is 4.90 Å². The van der Waals surface area contributed by atoms with Crippen LogP contribution in [0.25, 0.3) is 10.9 Å². The van der Waals surface area contributed by atoms with Gasteiger partial charge >= 0.3 is 18.2 Å². The fourth-order valence-electron chi connectivity index (χ4n) is 3.54. The first-order valence-corrected chi connectivity index (χ1v) is 17.9. The number of amides is 2. The molecule has 246 valence electrons. The maximum atomic E-state index is 13.4. The van der Waals surface area contributed by atoms with E-state index in [1.54, 1.807) is 80.5 Å². The van der Waals surface area contributed by atoms with Crippen LogP contribution in [0.3, 0.4) is 0 Å². The van der Waals surface area contributed by atoms with Gasteiger partial charge in [-0.1, -0.05) is 32.4 Å². The minimum absolute atomic E-state index is 0.0473. The summed E-state index contributed by atoms with van der Waals surface area (Å²) in [6.07, 6.45) is -2.89. The lowest BCUT2D eigenvalue weighted by molar-refractivity contribution is -0.165. The molecule has 1 atom stereocenters.